The number of anilines is 1. The third-order valence-corrected chi connectivity index (χ3v) is 5.24. The van der Waals surface area contributed by atoms with E-state index in [9.17, 15) is 33.6 Å². The second kappa shape index (κ2) is 15.5. The molecule has 1 heterocycles. The van der Waals surface area contributed by atoms with Crippen molar-refractivity contribution in [1.82, 2.24) is 21.3 Å². The van der Waals surface area contributed by atoms with Crippen molar-refractivity contribution in [1.29, 1.82) is 0 Å². The van der Waals surface area contributed by atoms with Crippen molar-refractivity contribution >= 4 is 47.1 Å². The van der Waals surface area contributed by atoms with Crippen LogP contribution in [0, 0.1) is 0 Å². The molecular weight excluding hydrogens is 514 g/mol. The predicted octanol–water partition coefficient (Wildman–Crippen LogP) is -1.22. The number of aryl methyl sites for hydroxylation is 1. The zero-order chi connectivity index (χ0) is 28.8. The number of nitrogens with one attached hydrogen (secondary N) is 4. The summed E-state index contributed by atoms with van der Waals surface area (Å²) >= 11 is 0. The van der Waals surface area contributed by atoms with Crippen molar-refractivity contribution in [2.24, 2.45) is 0 Å². The average molecular weight is 546 g/mol. The molecule has 210 valence electrons. The Hall–Kier alpha value is -4.75. The molecule has 0 bridgehead atoms. The number of carboxylic acids is 1. The average Bonchev–Trinajstić information content (AvgIpc) is 3.24. The van der Waals surface area contributed by atoms with Gasteiger partial charge in [0.25, 0.3) is 11.8 Å². The van der Waals surface area contributed by atoms with Crippen LogP contribution in [0.4, 0.5) is 5.69 Å². The van der Waals surface area contributed by atoms with Gasteiger partial charge in [0.1, 0.15) is 5.75 Å². The van der Waals surface area contributed by atoms with E-state index >= 15 is 0 Å². The number of ether oxygens (including phenoxy) is 1. The lowest BCUT2D eigenvalue weighted by Crippen LogP contribution is -2.44. The number of imide groups is 1. The van der Waals surface area contributed by atoms with Crippen molar-refractivity contribution in [2.75, 3.05) is 37.7 Å². The van der Waals surface area contributed by atoms with Gasteiger partial charge in [-0.25, -0.2) is 4.90 Å². The molecule has 0 atom stereocenters. The number of likely N-dealkylation sites (N-methyl/N-ethyl adjacent to an activating group) is 1. The van der Waals surface area contributed by atoms with E-state index < -0.39 is 35.5 Å². The zero-order valence-electron chi connectivity index (χ0n) is 21.4. The van der Waals surface area contributed by atoms with Crippen LogP contribution in [0.25, 0.3) is 0 Å². The van der Waals surface area contributed by atoms with Crippen LogP contribution in [0.3, 0.4) is 0 Å². The van der Waals surface area contributed by atoms with Crippen LogP contribution in [0.15, 0.2) is 30.4 Å². The van der Waals surface area contributed by atoms with E-state index in [4.69, 9.17) is 9.84 Å². The fraction of sp³-hybridized carbons (Fsp3) is 0.400. The maximum absolute atomic E-state index is 12.3. The van der Waals surface area contributed by atoms with Gasteiger partial charge >= 0.3 is 5.97 Å². The van der Waals surface area contributed by atoms with Crippen LogP contribution < -0.4 is 30.9 Å². The van der Waals surface area contributed by atoms with Gasteiger partial charge in [-0.05, 0) is 31.4 Å². The Balaban J connectivity index is 1.86. The summed E-state index contributed by atoms with van der Waals surface area (Å²) in [4.78, 5) is 82.9. The first-order valence-corrected chi connectivity index (χ1v) is 12.2. The summed E-state index contributed by atoms with van der Waals surface area (Å²) in [6.07, 6.45) is 2.55. The Morgan fingerprint density at radius 1 is 0.821 bits per heavy atom. The second-order valence-corrected chi connectivity index (χ2v) is 8.27. The highest BCUT2D eigenvalue weighted by Gasteiger charge is 2.26. The molecule has 0 aromatic heterocycles. The SMILES string of the molecule is CCNC(=O)CNC(=O)CNC(=O)CNC(=O)CCc1ccc(N2C(=O)C=CC2=O)cc1OCCCC(=O)O. The number of carbonyl (C=O) groups is 7. The number of rotatable bonds is 16. The molecule has 39 heavy (non-hydrogen) atoms. The summed E-state index contributed by atoms with van der Waals surface area (Å²) < 4.78 is 5.70. The van der Waals surface area contributed by atoms with Gasteiger partial charge in [-0.3, -0.25) is 33.6 Å². The van der Waals surface area contributed by atoms with E-state index in [0.717, 1.165) is 17.1 Å². The minimum atomic E-state index is -0.979. The van der Waals surface area contributed by atoms with E-state index in [1.807, 2.05) is 0 Å². The minimum absolute atomic E-state index is 0.0335. The van der Waals surface area contributed by atoms with E-state index in [-0.39, 0.29) is 69.3 Å². The molecule has 0 saturated heterocycles. The highest BCUT2D eigenvalue weighted by atomic mass is 16.5. The first kappa shape index (κ1) is 30.5. The normalized spacial score (nSPS) is 12.2. The highest BCUT2D eigenvalue weighted by Crippen LogP contribution is 2.29. The van der Waals surface area contributed by atoms with Crippen LogP contribution in [-0.4, -0.2) is 79.3 Å². The van der Waals surface area contributed by atoms with Crippen LogP contribution in [0.1, 0.15) is 31.7 Å². The third kappa shape index (κ3) is 10.6. The molecule has 0 unspecified atom stereocenters. The standard InChI is InChI=1S/C25H31N5O9/c1-2-26-20(32)13-28-22(34)15-29-21(33)14-27-19(31)8-6-16-5-7-17(30-23(35)9-10-24(30)36)12-18(16)39-11-3-4-25(37)38/h5,7,9-10,12H,2-4,6,8,11,13-15H2,1H3,(H,26,32)(H,27,31)(H,28,34)(H,29,33)(H,37,38). The smallest absolute Gasteiger partial charge is 0.303 e. The number of amides is 6. The van der Waals surface area contributed by atoms with Gasteiger partial charge in [0, 0.05) is 37.6 Å². The van der Waals surface area contributed by atoms with Gasteiger partial charge in [0.05, 0.1) is 31.9 Å². The molecule has 14 nitrogen and oxygen atoms in total. The molecule has 1 aromatic carbocycles. The predicted molar refractivity (Wildman–Crippen MR) is 136 cm³/mol. The molecule has 1 aliphatic heterocycles. The number of benzene rings is 1. The maximum Gasteiger partial charge on any atom is 0.303 e. The van der Waals surface area contributed by atoms with Gasteiger partial charge in [-0.1, -0.05) is 6.07 Å². The van der Waals surface area contributed by atoms with E-state index in [1.54, 1.807) is 13.0 Å². The minimum Gasteiger partial charge on any atom is -0.493 e. The Labute approximate surface area is 224 Å². The Morgan fingerprint density at radius 2 is 1.38 bits per heavy atom. The molecule has 0 saturated carbocycles. The zero-order valence-corrected chi connectivity index (χ0v) is 21.4. The lowest BCUT2D eigenvalue weighted by atomic mass is 10.1. The molecule has 0 radical (unpaired) electrons. The summed E-state index contributed by atoms with van der Waals surface area (Å²) in [7, 11) is 0. The summed E-state index contributed by atoms with van der Waals surface area (Å²) in [6, 6.07) is 4.60. The van der Waals surface area contributed by atoms with Crippen LogP contribution in [0.2, 0.25) is 0 Å². The lowest BCUT2D eigenvalue weighted by molar-refractivity contribution is -0.137. The second-order valence-electron chi connectivity index (χ2n) is 8.27. The Morgan fingerprint density at radius 3 is 1.95 bits per heavy atom. The molecule has 0 fully saturated rings. The van der Waals surface area contributed by atoms with Gasteiger partial charge in [0.15, 0.2) is 0 Å². The van der Waals surface area contributed by atoms with E-state index in [1.165, 1.54) is 12.1 Å². The van der Waals surface area contributed by atoms with Gasteiger partial charge in [-0.15, -0.1) is 0 Å². The van der Waals surface area contributed by atoms with Crippen molar-refractivity contribution < 1.29 is 43.4 Å². The van der Waals surface area contributed by atoms with Crippen molar-refractivity contribution in [3.05, 3.63) is 35.9 Å². The monoisotopic (exact) mass is 545 g/mol. The van der Waals surface area contributed by atoms with Gasteiger partial charge in [-0.2, -0.15) is 0 Å². The molecule has 14 heteroatoms. The summed E-state index contributed by atoms with van der Waals surface area (Å²) in [5.74, 6) is -3.69. The third-order valence-electron chi connectivity index (χ3n) is 5.24. The van der Waals surface area contributed by atoms with Crippen molar-refractivity contribution in [3.8, 4) is 5.75 Å². The maximum atomic E-state index is 12.3. The summed E-state index contributed by atoms with van der Waals surface area (Å²) in [5, 5.41) is 18.4. The Kier molecular flexibility index (Phi) is 12.1. The number of carboxylic acid groups (broad SMARTS) is 1. The quantitative estimate of drug-likeness (QED) is 0.125. The molecule has 1 aliphatic rings. The van der Waals surface area contributed by atoms with Crippen molar-refractivity contribution in [2.45, 2.75) is 32.6 Å². The molecule has 1 aromatic rings. The molecule has 6 amide bonds. The fourth-order valence-corrected chi connectivity index (χ4v) is 3.34. The number of nitrogens with zero attached hydrogens (tertiary/aromatic N) is 1. The topological polar surface area (TPSA) is 200 Å². The molecule has 2 rings (SSSR count). The van der Waals surface area contributed by atoms with Crippen LogP contribution in [0.5, 0.6) is 5.75 Å². The summed E-state index contributed by atoms with van der Waals surface area (Å²) in [5.41, 5.74) is 0.840. The largest absolute Gasteiger partial charge is 0.493 e. The number of carbonyl (C=O) groups excluding carboxylic acids is 6. The molecule has 0 aliphatic carbocycles. The van der Waals surface area contributed by atoms with E-state index in [2.05, 4.69) is 21.3 Å². The van der Waals surface area contributed by atoms with Gasteiger partial charge < -0.3 is 31.1 Å². The Bertz CT molecular complexity index is 1130. The first-order valence-electron chi connectivity index (χ1n) is 12.2. The fourth-order valence-electron chi connectivity index (χ4n) is 3.34. The summed E-state index contributed by atoms with van der Waals surface area (Å²) in [6.45, 7) is 1.28. The van der Waals surface area contributed by atoms with Gasteiger partial charge in [0.2, 0.25) is 23.6 Å². The van der Waals surface area contributed by atoms with Crippen molar-refractivity contribution in [3.63, 3.8) is 0 Å². The highest BCUT2D eigenvalue weighted by molar-refractivity contribution is 6.28. The first-order chi connectivity index (χ1) is 18.6. The van der Waals surface area contributed by atoms with E-state index in [0.29, 0.717) is 12.1 Å². The number of aliphatic carboxylic acids is 1. The molecule has 0 spiro atoms. The van der Waals surface area contributed by atoms with Crippen LogP contribution in [-0.2, 0) is 40.0 Å². The number of hydrogen-bond acceptors (Lipinski definition) is 8. The molecule has 5 N–H and O–H groups in total. The lowest BCUT2D eigenvalue weighted by Gasteiger charge is -2.18. The van der Waals surface area contributed by atoms with Crippen LogP contribution >= 0.6 is 0 Å². The molecular formula is C25H31N5O9. The number of hydrogen-bond donors (Lipinski definition) is 5.